The van der Waals surface area contributed by atoms with Crippen molar-refractivity contribution >= 4 is 24.1 Å². The Morgan fingerprint density at radius 2 is 1.59 bits per heavy atom. The second kappa shape index (κ2) is 5.37. The van der Waals surface area contributed by atoms with Crippen molar-refractivity contribution in [1.82, 2.24) is 0 Å². The fourth-order valence-electron chi connectivity index (χ4n) is 1.55. The second-order valence-electron chi connectivity index (χ2n) is 3.47. The highest BCUT2D eigenvalue weighted by atomic mass is 35.5. The van der Waals surface area contributed by atoms with Crippen molar-refractivity contribution < 1.29 is 9.90 Å². The zero-order valence-electron chi connectivity index (χ0n) is 8.96. The van der Waals surface area contributed by atoms with Crippen LogP contribution in [0, 0.1) is 0 Å². The van der Waals surface area contributed by atoms with Gasteiger partial charge in [0.15, 0.2) is 0 Å². The van der Waals surface area contributed by atoms with E-state index in [0.29, 0.717) is 5.69 Å². The molecule has 2 aromatic carbocycles. The molecule has 2 rings (SSSR count). The van der Waals surface area contributed by atoms with Crippen LogP contribution in [0.1, 0.15) is 10.4 Å². The molecule has 0 aliphatic heterocycles. The Balaban J connectivity index is 0.00000144. The van der Waals surface area contributed by atoms with Crippen LogP contribution in [0.3, 0.4) is 0 Å². The standard InChI is InChI=1S/C13H11NO2.ClH/c14-12-4-2-1-3-11(12)9-5-7-10(8-6-9)13(15)16;/h1-8H,14H2,(H,15,16);1H. The van der Waals surface area contributed by atoms with Gasteiger partial charge in [-0.15, -0.1) is 12.4 Å². The maximum Gasteiger partial charge on any atom is 0.335 e. The normalized spacial score (nSPS) is 9.41. The Morgan fingerprint density at radius 1 is 1.00 bits per heavy atom. The zero-order valence-corrected chi connectivity index (χ0v) is 9.78. The van der Waals surface area contributed by atoms with E-state index in [-0.39, 0.29) is 18.0 Å². The number of nitrogen functional groups attached to an aromatic ring is 1. The van der Waals surface area contributed by atoms with Crippen LogP contribution in [-0.4, -0.2) is 11.1 Å². The maximum absolute atomic E-state index is 10.7. The van der Waals surface area contributed by atoms with E-state index in [2.05, 4.69) is 0 Å². The van der Waals surface area contributed by atoms with Crippen molar-refractivity contribution in [1.29, 1.82) is 0 Å². The first kappa shape index (κ1) is 13.1. The van der Waals surface area contributed by atoms with Crippen molar-refractivity contribution in [2.24, 2.45) is 0 Å². The molecule has 0 aliphatic rings. The van der Waals surface area contributed by atoms with Crippen LogP contribution in [0.2, 0.25) is 0 Å². The minimum absolute atomic E-state index is 0. The second-order valence-corrected chi connectivity index (χ2v) is 3.47. The minimum atomic E-state index is -0.924. The molecule has 0 saturated carbocycles. The molecule has 0 atom stereocenters. The average molecular weight is 250 g/mol. The van der Waals surface area contributed by atoms with E-state index >= 15 is 0 Å². The van der Waals surface area contributed by atoms with Crippen LogP contribution < -0.4 is 5.73 Å². The highest BCUT2D eigenvalue weighted by Gasteiger charge is 2.04. The van der Waals surface area contributed by atoms with E-state index in [4.69, 9.17) is 10.8 Å². The van der Waals surface area contributed by atoms with E-state index in [1.807, 2.05) is 24.3 Å². The number of anilines is 1. The molecule has 3 nitrogen and oxygen atoms in total. The molecule has 0 unspecified atom stereocenters. The van der Waals surface area contributed by atoms with Crippen molar-refractivity contribution in [2.75, 3.05) is 5.73 Å². The Labute approximate surface area is 105 Å². The topological polar surface area (TPSA) is 63.3 Å². The molecule has 88 valence electrons. The van der Waals surface area contributed by atoms with Gasteiger partial charge < -0.3 is 10.8 Å². The summed E-state index contributed by atoms with van der Waals surface area (Å²) in [6.45, 7) is 0. The van der Waals surface area contributed by atoms with Gasteiger partial charge in [0.05, 0.1) is 5.56 Å². The molecule has 0 saturated heterocycles. The summed E-state index contributed by atoms with van der Waals surface area (Å²) in [5.41, 5.74) is 8.63. The van der Waals surface area contributed by atoms with E-state index in [1.54, 1.807) is 24.3 Å². The molecule has 0 aliphatic carbocycles. The fourth-order valence-corrected chi connectivity index (χ4v) is 1.55. The Kier molecular flexibility index (Phi) is 4.12. The lowest BCUT2D eigenvalue weighted by Crippen LogP contribution is -1.95. The van der Waals surface area contributed by atoms with Gasteiger partial charge in [-0.3, -0.25) is 0 Å². The Hall–Kier alpha value is -2.00. The van der Waals surface area contributed by atoms with Crippen molar-refractivity contribution in [3.8, 4) is 11.1 Å². The molecular formula is C13H12ClNO2. The van der Waals surface area contributed by atoms with Gasteiger partial charge in [-0.05, 0) is 23.8 Å². The fraction of sp³-hybridized carbons (Fsp3) is 0. The van der Waals surface area contributed by atoms with Crippen molar-refractivity contribution in [3.63, 3.8) is 0 Å². The van der Waals surface area contributed by atoms with Crippen LogP contribution >= 0.6 is 12.4 Å². The van der Waals surface area contributed by atoms with E-state index in [0.717, 1.165) is 11.1 Å². The van der Waals surface area contributed by atoms with Crippen molar-refractivity contribution in [2.45, 2.75) is 0 Å². The number of aromatic carboxylic acids is 1. The number of carbonyl (C=O) groups is 1. The lowest BCUT2D eigenvalue weighted by molar-refractivity contribution is 0.0697. The number of rotatable bonds is 2. The largest absolute Gasteiger partial charge is 0.478 e. The zero-order chi connectivity index (χ0) is 11.5. The summed E-state index contributed by atoms with van der Waals surface area (Å²) in [7, 11) is 0. The number of halogens is 1. The van der Waals surface area contributed by atoms with Crippen molar-refractivity contribution in [3.05, 3.63) is 54.1 Å². The van der Waals surface area contributed by atoms with Crippen LogP contribution in [0.25, 0.3) is 11.1 Å². The number of carboxylic acids is 1. The molecule has 0 heterocycles. The Morgan fingerprint density at radius 3 is 2.12 bits per heavy atom. The summed E-state index contributed by atoms with van der Waals surface area (Å²) in [5.74, 6) is -0.924. The van der Waals surface area contributed by atoms with Gasteiger partial charge in [0, 0.05) is 11.3 Å². The first-order valence-corrected chi connectivity index (χ1v) is 4.87. The van der Waals surface area contributed by atoms with Gasteiger partial charge in [-0.1, -0.05) is 30.3 Å². The van der Waals surface area contributed by atoms with Gasteiger partial charge in [0.25, 0.3) is 0 Å². The van der Waals surface area contributed by atoms with E-state index < -0.39 is 5.97 Å². The third-order valence-electron chi connectivity index (χ3n) is 2.40. The third kappa shape index (κ3) is 2.77. The average Bonchev–Trinajstić information content (AvgIpc) is 2.30. The molecule has 0 amide bonds. The summed E-state index contributed by atoms with van der Waals surface area (Å²) in [6, 6.07) is 14.2. The SMILES string of the molecule is Cl.Nc1ccccc1-c1ccc(C(=O)O)cc1. The van der Waals surface area contributed by atoms with E-state index in [9.17, 15) is 4.79 Å². The third-order valence-corrected chi connectivity index (χ3v) is 2.40. The predicted molar refractivity (Wildman–Crippen MR) is 70.5 cm³/mol. The van der Waals surface area contributed by atoms with Crippen LogP contribution in [0.15, 0.2) is 48.5 Å². The number of carboxylic acid groups (broad SMARTS) is 1. The highest BCUT2D eigenvalue weighted by Crippen LogP contribution is 2.25. The van der Waals surface area contributed by atoms with Crippen LogP contribution in [-0.2, 0) is 0 Å². The number of hydrogen-bond acceptors (Lipinski definition) is 2. The minimum Gasteiger partial charge on any atom is -0.478 e. The number of hydrogen-bond donors (Lipinski definition) is 2. The van der Waals surface area contributed by atoms with Gasteiger partial charge in [-0.25, -0.2) is 4.79 Å². The smallest absolute Gasteiger partial charge is 0.335 e. The van der Waals surface area contributed by atoms with Crippen LogP contribution in [0.5, 0.6) is 0 Å². The molecule has 2 aromatic rings. The Bertz CT molecular complexity index is 523. The predicted octanol–water partition coefficient (Wildman–Crippen LogP) is 3.06. The monoisotopic (exact) mass is 249 g/mol. The summed E-state index contributed by atoms with van der Waals surface area (Å²) in [4.78, 5) is 10.7. The molecule has 0 radical (unpaired) electrons. The summed E-state index contributed by atoms with van der Waals surface area (Å²) < 4.78 is 0. The first-order valence-electron chi connectivity index (χ1n) is 4.87. The van der Waals surface area contributed by atoms with E-state index in [1.165, 1.54) is 0 Å². The number of benzene rings is 2. The summed E-state index contributed by atoms with van der Waals surface area (Å²) >= 11 is 0. The van der Waals surface area contributed by atoms with Gasteiger partial charge >= 0.3 is 5.97 Å². The molecule has 0 spiro atoms. The maximum atomic E-state index is 10.7. The molecule has 17 heavy (non-hydrogen) atoms. The summed E-state index contributed by atoms with van der Waals surface area (Å²) in [6.07, 6.45) is 0. The molecular weight excluding hydrogens is 238 g/mol. The molecule has 3 N–H and O–H groups in total. The first-order chi connectivity index (χ1) is 7.68. The van der Waals surface area contributed by atoms with Gasteiger partial charge in [-0.2, -0.15) is 0 Å². The number of para-hydroxylation sites is 1. The molecule has 0 bridgehead atoms. The summed E-state index contributed by atoms with van der Waals surface area (Å²) in [5, 5.41) is 8.78. The lowest BCUT2D eigenvalue weighted by Gasteiger charge is -2.05. The highest BCUT2D eigenvalue weighted by molar-refractivity contribution is 5.88. The molecule has 0 fully saturated rings. The quantitative estimate of drug-likeness (QED) is 0.804. The van der Waals surface area contributed by atoms with Gasteiger partial charge in [0.2, 0.25) is 0 Å². The molecule has 0 aromatic heterocycles. The molecule has 4 heteroatoms. The number of nitrogens with two attached hydrogens (primary N) is 1. The lowest BCUT2D eigenvalue weighted by atomic mass is 10.0. The van der Waals surface area contributed by atoms with Crippen LogP contribution in [0.4, 0.5) is 5.69 Å². The van der Waals surface area contributed by atoms with Gasteiger partial charge in [0.1, 0.15) is 0 Å².